The van der Waals surface area contributed by atoms with E-state index in [-0.39, 0.29) is 42.9 Å². The molecule has 2 aromatic carbocycles. The number of anilines is 1. The lowest BCUT2D eigenvalue weighted by atomic mass is 10.1. The number of hydrogen-bond donors (Lipinski definition) is 1. The van der Waals surface area contributed by atoms with Gasteiger partial charge in [-0.25, -0.2) is 8.42 Å². The number of amides is 2. The van der Waals surface area contributed by atoms with E-state index in [1.807, 2.05) is 12.3 Å². The first kappa shape index (κ1) is 23.9. The summed E-state index contributed by atoms with van der Waals surface area (Å²) in [5.41, 5.74) is 0.797. The van der Waals surface area contributed by atoms with Crippen LogP contribution in [0.5, 0.6) is 5.75 Å². The van der Waals surface area contributed by atoms with E-state index in [9.17, 15) is 18.0 Å². The van der Waals surface area contributed by atoms with Gasteiger partial charge in [0.25, 0.3) is 11.8 Å². The van der Waals surface area contributed by atoms with Crippen molar-refractivity contribution in [1.29, 1.82) is 0 Å². The van der Waals surface area contributed by atoms with Crippen LogP contribution in [0.25, 0.3) is 0 Å². The van der Waals surface area contributed by atoms with Gasteiger partial charge in [0, 0.05) is 26.2 Å². The summed E-state index contributed by atoms with van der Waals surface area (Å²) in [7, 11) is -3.67. The number of para-hydroxylation sites is 1. The molecule has 1 aliphatic rings. The fourth-order valence-electron chi connectivity index (χ4n) is 3.70. The molecular formula is C24H25N3O5S2. The zero-order valence-electron chi connectivity index (χ0n) is 18.6. The van der Waals surface area contributed by atoms with Crippen LogP contribution < -0.4 is 10.1 Å². The van der Waals surface area contributed by atoms with Gasteiger partial charge in [-0.2, -0.15) is 4.31 Å². The summed E-state index contributed by atoms with van der Waals surface area (Å²) in [6.07, 6.45) is 0. The molecule has 10 heteroatoms. The highest BCUT2D eigenvalue weighted by Crippen LogP contribution is 2.23. The molecule has 0 radical (unpaired) electrons. The second-order valence-electron chi connectivity index (χ2n) is 7.58. The number of piperazine rings is 1. The lowest BCUT2D eigenvalue weighted by Gasteiger charge is -2.34. The van der Waals surface area contributed by atoms with Crippen molar-refractivity contribution in [1.82, 2.24) is 9.21 Å². The molecule has 1 saturated heterocycles. The maximum absolute atomic E-state index is 13.2. The molecule has 1 fully saturated rings. The molecule has 0 saturated carbocycles. The molecule has 4 rings (SSSR count). The van der Waals surface area contributed by atoms with Gasteiger partial charge < -0.3 is 15.0 Å². The minimum atomic E-state index is -3.67. The van der Waals surface area contributed by atoms with E-state index in [0.29, 0.717) is 28.5 Å². The van der Waals surface area contributed by atoms with Gasteiger partial charge in [-0.1, -0.05) is 18.2 Å². The molecule has 8 nitrogen and oxygen atoms in total. The number of ether oxygens (including phenoxy) is 1. The first-order chi connectivity index (χ1) is 16.4. The van der Waals surface area contributed by atoms with Crippen LogP contribution in [0.2, 0.25) is 0 Å². The van der Waals surface area contributed by atoms with Gasteiger partial charge in [0.1, 0.15) is 5.75 Å². The topological polar surface area (TPSA) is 96.0 Å². The molecule has 2 heterocycles. The van der Waals surface area contributed by atoms with E-state index in [1.54, 1.807) is 53.4 Å². The van der Waals surface area contributed by atoms with Crippen molar-refractivity contribution >= 4 is 38.9 Å². The summed E-state index contributed by atoms with van der Waals surface area (Å²) in [6, 6.07) is 16.7. The average Bonchev–Trinajstić information content (AvgIpc) is 3.40. The second kappa shape index (κ2) is 10.4. The average molecular weight is 500 g/mol. The van der Waals surface area contributed by atoms with E-state index in [2.05, 4.69) is 5.32 Å². The lowest BCUT2D eigenvalue weighted by molar-refractivity contribution is 0.0699. The van der Waals surface area contributed by atoms with Crippen LogP contribution in [-0.4, -0.2) is 62.2 Å². The summed E-state index contributed by atoms with van der Waals surface area (Å²) in [5, 5.41) is 4.62. The van der Waals surface area contributed by atoms with Crippen LogP contribution in [0, 0.1) is 0 Å². The highest BCUT2D eigenvalue weighted by Gasteiger charge is 2.31. The number of sulfonamides is 1. The number of nitrogens with zero attached hydrogens (tertiary/aromatic N) is 2. The van der Waals surface area contributed by atoms with E-state index in [0.717, 1.165) is 0 Å². The number of benzene rings is 2. The van der Waals surface area contributed by atoms with Crippen LogP contribution in [0.4, 0.5) is 5.69 Å². The molecule has 1 aromatic heterocycles. The number of carbonyl (C=O) groups excluding carboxylic acids is 2. The molecule has 0 spiro atoms. The predicted octanol–water partition coefficient (Wildman–Crippen LogP) is 3.55. The van der Waals surface area contributed by atoms with Crippen LogP contribution in [0.15, 0.2) is 70.9 Å². The number of carbonyl (C=O) groups is 2. The molecule has 0 bridgehead atoms. The van der Waals surface area contributed by atoms with Crippen molar-refractivity contribution in [2.45, 2.75) is 11.8 Å². The minimum Gasteiger partial charge on any atom is -0.494 e. The second-order valence-corrected chi connectivity index (χ2v) is 10.5. The normalized spacial score (nSPS) is 14.6. The van der Waals surface area contributed by atoms with Gasteiger partial charge in [0.15, 0.2) is 0 Å². The molecular weight excluding hydrogens is 474 g/mol. The Morgan fingerprint density at radius 1 is 0.971 bits per heavy atom. The Balaban J connectivity index is 1.42. The standard InChI is InChI=1S/C24H25N3O5S2/c1-2-32-18-9-11-19(12-10-18)34(30,31)27-15-13-26(14-16-27)24(29)20-6-3-4-7-21(20)25-23(28)22-8-5-17-33-22/h3-12,17H,2,13-16H2,1H3,(H,25,28). The van der Waals surface area contributed by atoms with Crippen molar-refractivity contribution in [2.75, 3.05) is 38.1 Å². The van der Waals surface area contributed by atoms with Crippen LogP contribution in [0.3, 0.4) is 0 Å². The van der Waals surface area contributed by atoms with Crippen molar-refractivity contribution in [2.24, 2.45) is 0 Å². The molecule has 3 aromatic rings. The molecule has 1 aliphatic heterocycles. The van der Waals surface area contributed by atoms with Gasteiger partial charge in [-0.15, -0.1) is 11.3 Å². The van der Waals surface area contributed by atoms with Crippen LogP contribution in [0.1, 0.15) is 27.0 Å². The third kappa shape index (κ3) is 5.14. The number of rotatable bonds is 7. The van der Waals surface area contributed by atoms with Gasteiger partial charge in [0.2, 0.25) is 10.0 Å². The fourth-order valence-corrected chi connectivity index (χ4v) is 5.74. The van der Waals surface area contributed by atoms with Crippen LogP contribution in [-0.2, 0) is 10.0 Å². The number of hydrogen-bond acceptors (Lipinski definition) is 6. The molecule has 0 unspecified atom stereocenters. The van der Waals surface area contributed by atoms with Gasteiger partial charge in [-0.3, -0.25) is 9.59 Å². The molecule has 0 aliphatic carbocycles. The molecule has 34 heavy (non-hydrogen) atoms. The highest BCUT2D eigenvalue weighted by molar-refractivity contribution is 7.89. The van der Waals surface area contributed by atoms with Crippen molar-refractivity contribution in [3.05, 3.63) is 76.5 Å². The monoisotopic (exact) mass is 499 g/mol. The largest absolute Gasteiger partial charge is 0.494 e. The zero-order chi connectivity index (χ0) is 24.1. The molecule has 2 amide bonds. The Morgan fingerprint density at radius 2 is 1.68 bits per heavy atom. The maximum atomic E-state index is 13.2. The molecule has 0 atom stereocenters. The Bertz CT molecular complexity index is 1250. The van der Waals surface area contributed by atoms with Crippen molar-refractivity contribution in [3.8, 4) is 5.75 Å². The number of thiophene rings is 1. The third-order valence-electron chi connectivity index (χ3n) is 5.45. The first-order valence-corrected chi connectivity index (χ1v) is 13.2. The summed E-state index contributed by atoms with van der Waals surface area (Å²) >= 11 is 1.32. The predicted molar refractivity (Wildman–Crippen MR) is 131 cm³/mol. The first-order valence-electron chi connectivity index (χ1n) is 10.9. The summed E-state index contributed by atoms with van der Waals surface area (Å²) in [6.45, 7) is 3.24. The van der Waals surface area contributed by atoms with Crippen LogP contribution >= 0.6 is 11.3 Å². The molecule has 1 N–H and O–H groups in total. The summed E-state index contributed by atoms with van der Waals surface area (Å²) < 4.78 is 32.8. The Labute approximate surface area is 202 Å². The van der Waals surface area contributed by atoms with E-state index in [4.69, 9.17) is 4.74 Å². The van der Waals surface area contributed by atoms with E-state index in [1.165, 1.54) is 27.8 Å². The van der Waals surface area contributed by atoms with E-state index >= 15 is 0 Å². The summed E-state index contributed by atoms with van der Waals surface area (Å²) in [5.74, 6) is 0.0865. The van der Waals surface area contributed by atoms with Gasteiger partial charge in [0.05, 0.1) is 27.6 Å². The maximum Gasteiger partial charge on any atom is 0.265 e. The Morgan fingerprint density at radius 3 is 2.32 bits per heavy atom. The van der Waals surface area contributed by atoms with Crippen molar-refractivity contribution in [3.63, 3.8) is 0 Å². The minimum absolute atomic E-state index is 0.186. The van der Waals surface area contributed by atoms with E-state index < -0.39 is 10.0 Å². The quantitative estimate of drug-likeness (QED) is 0.536. The SMILES string of the molecule is CCOc1ccc(S(=O)(=O)N2CCN(C(=O)c3ccccc3NC(=O)c3cccs3)CC2)cc1. The fraction of sp³-hybridized carbons (Fsp3) is 0.250. The Kier molecular flexibility index (Phi) is 7.30. The molecule has 178 valence electrons. The van der Waals surface area contributed by atoms with Crippen molar-refractivity contribution < 1.29 is 22.7 Å². The highest BCUT2D eigenvalue weighted by atomic mass is 32.2. The lowest BCUT2D eigenvalue weighted by Crippen LogP contribution is -2.50. The van der Waals surface area contributed by atoms with Gasteiger partial charge in [-0.05, 0) is 54.8 Å². The number of nitrogens with one attached hydrogen (secondary N) is 1. The zero-order valence-corrected chi connectivity index (χ0v) is 20.3. The summed E-state index contributed by atoms with van der Waals surface area (Å²) in [4.78, 5) is 28.0. The smallest absolute Gasteiger partial charge is 0.265 e. The third-order valence-corrected chi connectivity index (χ3v) is 8.23. The van der Waals surface area contributed by atoms with Gasteiger partial charge >= 0.3 is 0 Å². The Hall–Kier alpha value is -3.21.